The minimum Gasteiger partial charge on any atom is -0.324 e. The van der Waals surface area contributed by atoms with Crippen molar-refractivity contribution >= 4 is 10.4 Å². The first-order valence-electron chi connectivity index (χ1n) is 4.89. The quantitative estimate of drug-likeness (QED) is 0.540. The van der Waals surface area contributed by atoms with Gasteiger partial charge in [0.05, 0.1) is 7.11 Å². The van der Waals surface area contributed by atoms with Crippen molar-refractivity contribution in [3.05, 3.63) is 38.0 Å². The summed E-state index contributed by atoms with van der Waals surface area (Å²) in [6, 6.07) is 0. The molecule has 6 heteroatoms. The normalized spacial score (nSPS) is 11.0. The van der Waals surface area contributed by atoms with E-state index < -0.39 is 10.4 Å². The Kier molecular flexibility index (Phi) is 9.88. The Morgan fingerprint density at radius 2 is 1.41 bits per heavy atom. The maximum absolute atomic E-state index is 9.33. The van der Waals surface area contributed by atoms with E-state index in [1.54, 1.807) is 0 Å². The number of hydrogen-bond donors (Lipinski definition) is 2. The second kappa shape index (κ2) is 9.12. The van der Waals surface area contributed by atoms with Crippen molar-refractivity contribution in [1.29, 1.82) is 0 Å². The molecule has 0 atom stereocenters. The second-order valence-corrected chi connectivity index (χ2v) is 4.62. The molecule has 0 unspecified atom stereocenters. The van der Waals surface area contributed by atoms with Crippen LogP contribution in [0.1, 0.15) is 19.3 Å². The van der Waals surface area contributed by atoms with Gasteiger partial charge in [-0.2, -0.15) is 8.42 Å². The van der Waals surface area contributed by atoms with Crippen molar-refractivity contribution in [3.8, 4) is 0 Å². The third-order valence-electron chi connectivity index (χ3n) is 1.86. The summed E-state index contributed by atoms with van der Waals surface area (Å²) in [5.74, 6) is 0. The third kappa shape index (κ3) is 13.0. The molecule has 0 saturated heterocycles. The van der Waals surface area contributed by atoms with Crippen LogP contribution in [0.5, 0.6) is 0 Å². The maximum Gasteiger partial charge on any atom is 0.397 e. The molecule has 0 aromatic carbocycles. The minimum absolute atomic E-state index is 0.203. The minimum atomic E-state index is -4.16. The lowest BCUT2D eigenvalue weighted by atomic mass is 9.89. The summed E-state index contributed by atoms with van der Waals surface area (Å²) in [7, 11) is -3.29. The van der Waals surface area contributed by atoms with Crippen molar-refractivity contribution in [2.75, 3.05) is 7.11 Å². The van der Waals surface area contributed by atoms with Gasteiger partial charge < -0.3 is 5.73 Å². The van der Waals surface area contributed by atoms with Crippen LogP contribution in [0, 0.1) is 0 Å². The third-order valence-corrected chi connectivity index (χ3v) is 2.28. The Morgan fingerprint density at radius 3 is 1.53 bits per heavy atom. The first-order chi connectivity index (χ1) is 7.74. The Bertz CT molecular complexity index is 309. The lowest BCUT2D eigenvalue weighted by molar-refractivity contribution is 0.324. The largest absolute Gasteiger partial charge is 0.397 e. The predicted octanol–water partition coefficient (Wildman–Crippen LogP) is 1.85. The van der Waals surface area contributed by atoms with Crippen LogP contribution in [0.2, 0.25) is 0 Å². The molecule has 0 rings (SSSR count). The fraction of sp³-hybridized carbons (Fsp3) is 0.455. The molecule has 0 amide bonds. The molecular weight excluding hydrogens is 242 g/mol. The summed E-state index contributed by atoms with van der Waals surface area (Å²) in [6.45, 7) is 11.0. The lowest BCUT2D eigenvalue weighted by Gasteiger charge is -2.25. The average molecular weight is 263 g/mol. The molecule has 0 aromatic rings. The van der Waals surface area contributed by atoms with E-state index in [0.29, 0.717) is 0 Å². The first kappa shape index (κ1) is 18.4. The average Bonchev–Trinajstić information content (AvgIpc) is 2.18. The highest BCUT2D eigenvalue weighted by Gasteiger charge is 2.18. The van der Waals surface area contributed by atoms with Crippen molar-refractivity contribution in [2.45, 2.75) is 24.8 Å². The number of rotatable bonds is 7. The Balaban J connectivity index is 0. The first-order valence-corrected chi connectivity index (χ1v) is 6.25. The molecule has 0 spiro atoms. The molecule has 0 radical (unpaired) electrons. The van der Waals surface area contributed by atoms with Crippen molar-refractivity contribution in [2.24, 2.45) is 5.73 Å². The monoisotopic (exact) mass is 263 g/mol. The van der Waals surface area contributed by atoms with Gasteiger partial charge in [-0.3, -0.25) is 8.74 Å². The molecular formula is C11H21NO4S. The fourth-order valence-electron chi connectivity index (χ4n) is 1.11. The SMILES string of the molecule is C=CCC(N)(CC=C)CC=C.COS(=O)(=O)O. The van der Waals surface area contributed by atoms with Crippen LogP contribution in [-0.4, -0.2) is 25.6 Å². The second-order valence-electron chi connectivity index (χ2n) is 3.44. The molecule has 0 heterocycles. The smallest absolute Gasteiger partial charge is 0.324 e. The van der Waals surface area contributed by atoms with Gasteiger partial charge in [0.2, 0.25) is 0 Å². The molecule has 0 saturated carbocycles. The van der Waals surface area contributed by atoms with Crippen molar-refractivity contribution in [3.63, 3.8) is 0 Å². The van der Waals surface area contributed by atoms with Gasteiger partial charge in [-0.25, -0.2) is 0 Å². The molecule has 17 heavy (non-hydrogen) atoms. The van der Waals surface area contributed by atoms with Gasteiger partial charge in [-0.1, -0.05) is 18.2 Å². The van der Waals surface area contributed by atoms with Gasteiger partial charge in [0, 0.05) is 5.54 Å². The topological polar surface area (TPSA) is 89.6 Å². The van der Waals surface area contributed by atoms with Gasteiger partial charge >= 0.3 is 10.4 Å². The Hall–Kier alpha value is -0.950. The van der Waals surface area contributed by atoms with Crippen LogP contribution < -0.4 is 5.73 Å². The zero-order valence-corrected chi connectivity index (χ0v) is 10.9. The van der Waals surface area contributed by atoms with Crippen LogP contribution in [0.15, 0.2) is 38.0 Å². The Morgan fingerprint density at radius 1 is 1.18 bits per heavy atom. The molecule has 100 valence electrons. The molecule has 5 nitrogen and oxygen atoms in total. The molecule has 0 aliphatic heterocycles. The zero-order valence-electron chi connectivity index (χ0n) is 10.1. The van der Waals surface area contributed by atoms with Gasteiger partial charge in [0.25, 0.3) is 0 Å². The number of hydrogen-bond acceptors (Lipinski definition) is 4. The van der Waals surface area contributed by atoms with E-state index >= 15 is 0 Å². The summed E-state index contributed by atoms with van der Waals surface area (Å²) < 4.78 is 29.7. The van der Waals surface area contributed by atoms with E-state index in [1.165, 1.54) is 0 Å². The molecule has 0 bridgehead atoms. The van der Waals surface area contributed by atoms with Crippen molar-refractivity contribution < 1.29 is 17.2 Å². The molecule has 0 aromatic heterocycles. The van der Waals surface area contributed by atoms with Crippen LogP contribution >= 0.6 is 0 Å². The van der Waals surface area contributed by atoms with E-state index in [4.69, 9.17) is 10.3 Å². The predicted molar refractivity (Wildman–Crippen MR) is 69.9 cm³/mol. The zero-order chi connectivity index (χ0) is 13.9. The van der Waals surface area contributed by atoms with E-state index in [9.17, 15) is 8.42 Å². The lowest BCUT2D eigenvalue weighted by Crippen LogP contribution is -2.37. The van der Waals surface area contributed by atoms with Gasteiger partial charge in [-0.15, -0.1) is 19.7 Å². The summed E-state index contributed by atoms with van der Waals surface area (Å²) in [4.78, 5) is 0. The van der Waals surface area contributed by atoms with E-state index in [1.807, 2.05) is 18.2 Å². The summed E-state index contributed by atoms with van der Waals surface area (Å²) in [6.07, 6.45) is 7.95. The van der Waals surface area contributed by atoms with Gasteiger partial charge in [0.15, 0.2) is 0 Å². The fourth-order valence-corrected chi connectivity index (χ4v) is 1.11. The highest BCUT2D eigenvalue weighted by Crippen LogP contribution is 2.17. The van der Waals surface area contributed by atoms with Crippen LogP contribution in [0.4, 0.5) is 0 Å². The summed E-state index contributed by atoms with van der Waals surface area (Å²) in [5.41, 5.74) is 5.81. The maximum atomic E-state index is 9.33. The molecule has 0 fully saturated rings. The standard InChI is InChI=1S/C10H17N.CH4O4S/c1-4-7-10(11,8-5-2)9-6-3;1-5-6(2,3)4/h4-6H,1-3,7-9,11H2;1H3,(H,2,3,4). The highest BCUT2D eigenvalue weighted by molar-refractivity contribution is 7.80. The summed E-state index contributed by atoms with van der Waals surface area (Å²) in [5, 5.41) is 0. The van der Waals surface area contributed by atoms with E-state index in [0.717, 1.165) is 26.4 Å². The number of nitrogens with two attached hydrogens (primary N) is 1. The van der Waals surface area contributed by atoms with Crippen LogP contribution in [-0.2, 0) is 14.6 Å². The van der Waals surface area contributed by atoms with Crippen molar-refractivity contribution in [1.82, 2.24) is 0 Å². The molecule has 3 N–H and O–H groups in total. The van der Waals surface area contributed by atoms with E-state index in [-0.39, 0.29) is 5.54 Å². The van der Waals surface area contributed by atoms with Crippen LogP contribution in [0.25, 0.3) is 0 Å². The van der Waals surface area contributed by atoms with Gasteiger partial charge in [-0.05, 0) is 19.3 Å². The molecule has 0 aliphatic carbocycles. The van der Waals surface area contributed by atoms with E-state index in [2.05, 4.69) is 23.9 Å². The molecule has 0 aliphatic rings. The van der Waals surface area contributed by atoms with Crippen LogP contribution in [0.3, 0.4) is 0 Å². The highest BCUT2D eigenvalue weighted by atomic mass is 32.3. The Labute approximate surface area is 104 Å². The van der Waals surface area contributed by atoms with Gasteiger partial charge in [0.1, 0.15) is 0 Å². The summed E-state index contributed by atoms with van der Waals surface area (Å²) >= 11 is 0.